The number of fused-ring (bicyclic) bond motifs is 1. The molecule has 0 radical (unpaired) electrons. The van der Waals surface area contributed by atoms with Crippen LogP contribution >= 0.6 is 0 Å². The van der Waals surface area contributed by atoms with E-state index < -0.39 is 11.6 Å². The molecule has 4 nitrogen and oxygen atoms in total. The molecule has 6 heteroatoms. The Morgan fingerprint density at radius 3 is 2.90 bits per heavy atom. The summed E-state index contributed by atoms with van der Waals surface area (Å²) in [7, 11) is 0. The molecule has 1 amide bonds. The second kappa shape index (κ2) is 5.63. The first kappa shape index (κ1) is 13.7. The number of aromatic nitrogens is 2. The minimum absolute atomic E-state index is 0.108. The number of rotatable bonds is 3. The zero-order valence-corrected chi connectivity index (χ0v) is 11.3. The van der Waals surface area contributed by atoms with E-state index in [1.54, 1.807) is 6.33 Å². The Labute approximate surface area is 120 Å². The molecule has 0 fully saturated rings. The molecule has 110 valence electrons. The molecule has 1 aromatic carbocycles. The summed E-state index contributed by atoms with van der Waals surface area (Å²) < 4.78 is 27.0. The maximum Gasteiger partial charge on any atom is 0.223 e. The van der Waals surface area contributed by atoms with Gasteiger partial charge in [0.1, 0.15) is 11.6 Å². The van der Waals surface area contributed by atoms with Gasteiger partial charge in [-0.05, 0) is 25.0 Å². The third-order valence-electron chi connectivity index (χ3n) is 3.86. The Morgan fingerprint density at radius 1 is 1.38 bits per heavy atom. The summed E-state index contributed by atoms with van der Waals surface area (Å²) in [5, 5.41) is 2.62. The van der Waals surface area contributed by atoms with Crippen molar-refractivity contribution < 1.29 is 13.6 Å². The highest BCUT2D eigenvalue weighted by Gasteiger charge is 2.26. The van der Waals surface area contributed by atoms with E-state index in [2.05, 4.69) is 15.3 Å². The van der Waals surface area contributed by atoms with Gasteiger partial charge in [-0.15, -0.1) is 0 Å². The molecular formula is C15H15F2N3O. The fourth-order valence-corrected chi connectivity index (χ4v) is 2.65. The summed E-state index contributed by atoms with van der Waals surface area (Å²) in [6.07, 6.45) is 3.65. The van der Waals surface area contributed by atoms with Gasteiger partial charge >= 0.3 is 0 Å². The topological polar surface area (TPSA) is 57.8 Å². The molecule has 3 rings (SSSR count). The van der Waals surface area contributed by atoms with Crippen molar-refractivity contribution in [1.29, 1.82) is 0 Å². The van der Waals surface area contributed by atoms with Crippen LogP contribution < -0.4 is 5.32 Å². The molecule has 0 aliphatic heterocycles. The lowest BCUT2D eigenvalue weighted by Crippen LogP contribution is -2.34. The highest BCUT2D eigenvalue weighted by molar-refractivity contribution is 5.79. The number of H-pyrrole nitrogens is 1. The van der Waals surface area contributed by atoms with Crippen molar-refractivity contribution in [2.75, 3.05) is 0 Å². The quantitative estimate of drug-likeness (QED) is 0.910. The molecule has 2 N–H and O–H groups in total. The number of nitrogens with one attached hydrogen (secondary N) is 2. The van der Waals surface area contributed by atoms with Crippen molar-refractivity contribution in [2.24, 2.45) is 5.92 Å². The fraction of sp³-hybridized carbons (Fsp3) is 0.333. The number of halogens is 2. The maximum absolute atomic E-state index is 13.5. The van der Waals surface area contributed by atoms with Gasteiger partial charge in [-0.2, -0.15) is 0 Å². The predicted octanol–water partition coefficient (Wildman–Crippen LogP) is 2.11. The number of hydrogen-bond donors (Lipinski definition) is 2. The number of amides is 1. The van der Waals surface area contributed by atoms with Gasteiger partial charge in [0.25, 0.3) is 0 Å². The molecule has 1 aliphatic rings. The summed E-state index contributed by atoms with van der Waals surface area (Å²) >= 11 is 0. The van der Waals surface area contributed by atoms with Crippen LogP contribution in [-0.4, -0.2) is 15.9 Å². The van der Waals surface area contributed by atoms with Gasteiger partial charge in [-0.1, -0.05) is 6.07 Å². The average Bonchev–Trinajstić information content (AvgIpc) is 2.93. The van der Waals surface area contributed by atoms with Crippen LogP contribution in [-0.2, 0) is 24.2 Å². The van der Waals surface area contributed by atoms with Gasteiger partial charge in [0.05, 0.1) is 12.0 Å². The Kier molecular flexibility index (Phi) is 3.68. The standard InChI is InChI=1S/C15H15F2N3O/c16-11-2-1-3-12(17)10(11)7-18-15(21)9-4-5-13-14(6-9)20-8-19-13/h1-3,8-9H,4-7H2,(H,18,21)(H,19,20). The predicted molar refractivity (Wildman–Crippen MR) is 72.3 cm³/mol. The lowest BCUT2D eigenvalue weighted by atomic mass is 9.89. The number of imidazole rings is 1. The van der Waals surface area contributed by atoms with Crippen LogP contribution in [0.15, 0.2) is 24.5 Å². The minimum atomic E-state index is -0.644. The van der Waals surface area contributed by atoms with Crippen molar-refractivity contribution in [1.82, 2.24) is 15.3 Å². The van der Waals surface area contributed by atoms with Crippen LogP contribution in [0.2, 0.25) is 0 Å². The molecule has 1 heterocycles. The smallest absolute Gasteiger partial charge is 0.223 e. The van der Waals surface area contributed by atoms with E-state index in [4.69, 9.17) is 0 Å². The summed E-state index contributed by atoms with van der Waals surface area (Å²) in [5.74, 6) is -1.66. The second-order valence-corrected chi connectivity index (χ2v) is 5.19. The molecule has 0 saturated carbocycles. The van der Waals surface area contributed by atoms with Gasteiger partial charge < -0.3 is 10.3 Å². The fourth-order valence-electron chi connectivity index (χ4n) is 2.65. The van der Waals surface area contributed by atoms with Crippen molar-refractivity contribution in [3.8, 4) is 0 Å². The van der Waals surface area contributed by atoms with Crippen LogP contribution in [0.4, 0.5) is 8.78 Å². The Hall–Kier alpha value is -2.24. The number of hydrogen-bond acceptors (Lipinski definition) is 2. The molecule has 1 aliphatic carbocycles. The Balaban J connectivity index is 1.63. The van der Waals surface area contributed by atoms with E-state index in [0.29, 0.717) is 12.8 Å². The average molecular weight is 291 g/mol. The summed E-state index contributed by atoms with van der Waals surface area (Å²) in [6, 6.07) is 3.67. The van der Waals surface area contributed by atoms with Crippen LogP contribution in [0.1, 0.15) is 23.4 Å². The van der Waals surface area contributed by atoms with Crippen LogP contribution in [0.5, 0.6) is 0 Å². The van der Waals surface area contributed by atoms with Crippen molar-refractivity contribution >= 4 is 5.91 Å². The lowest BCUT2D eigenvalue weighted by molar-refractivity contribution is -0.125. The molecule has 1 atom stereocenters. The van der Waals surface area contributed by atoms with Crippen LogP contribution in [0.3, 0.4) is 0 Å². The lowest BCUT2D eigenvalue weighted by Gasteiger charge is -2.20. The SMILES string of the molecule is O=C(NCc1c(F)cccc1F)C1CCc2nc[nH]c2C1. The minimum Gasteiger partial charge on any atom is -0.352 e. The molecule has 1 unspecified atom stereocenters. The molecule has 2 aromatic rings. The second-order valence-electron chi connectivity index (χ2n) is 5.19. The summed E-state index contributed by atoms with van der Waals surface area (Å²) in [4.78, 5) is 19.3. The van der Waals surface area contributed by atoms with Gasteiger partial charge in [0, 0.05) is 30.1 Å². The first-order chi connectivity index (χ1) is 10.1. The third-order valence-corrected chi connectivity index (χ3v) is 3.86. The normalized spacial score (nSPS) is 17.3. The molecule has 0 spiro atoms. The molecule has 1 aromatic heterocycles. The molecule has 0 bridgehead atoms. The van der Waals surface area contributed by atoms with E-state index in [-0.39, 0.29) is 23.9 Å². The molecule has 0 saturated heterocycles. The van der Waals surface area contributed by atoms with Gasteiger partial charge in [-0.3, -0.25) is 4.79 Å². The highest BCUT2D eigenvalue weighted by Crippen LogP contribution is 2.23. The summed E-state index contributed by atoms with van der Waals surface area (Å²) in [6.45, 7) is -0.135. The highest BCUT2D eigenvalue weighted by atomic mass is 19.1. The van der Waals surface area contributed by atoms with Crippen molar-refractivity contribution in [3.05, 3.63) is 53.1 Å². The monoisotopic (exact) mass is 291 g/mol. The maximum atomic E-state index is 13.5. The first-order valence-corrected chi connectivity index (χ1v) is 6.87. The van der Waals surface area contributed by atoms with Gasteiger partial charge in [0.2, 0.25) is 5.91 Å². The zero-order chi connectivity index (χ0) is 14.8. The number of carbonyl (C=O) groups is 1. The molecular weight excluding hydrogens is 276 g/mol. The van der Waals surface area contributed by atoms with E-state index in [1.807, 2.05) is 0 Å². The van der Waals surface area contributed by atoms with Gasteiger partial charge in [-0.25, -0.2) is 13.8 Å². The number of aryl methyl sites for hydroxylation is 1. The van der Waals surface area contributed by atoms with Crippen LogP contribution in [0.25, 0.3) is 0 Å². The Morgan fingerprint density at radius 2 is 2.14 bits per heavy atom. The Bertz CT molecular complexity index is 648. The van der Waals surface area contributed by atoms with E-state index in [1.165, 1.54) is 18.2 Å². The number of aromatic amines is 1. The first-order valence-electron chi connectivity index (χ1n) is 6.87. The van der Waals surface area contributed by atoms with Crippen molar-refractivity contribution in [3.63, 3.8) is 0 Å². The van der Waals surface area contributed by atoms with Crippen molar-refractivity contribution in [2.45, 2.75) is 25.8 Å². The number of nitrogens with zero attached hydrogens (tertiary/aromatic N) is 1. The van der Waals surface area contributed by atoms with Gasteiger partial charge in [0.15, 0.2) is 0 Å². The third kappa shape index (κ3) is 2.79. The number of carbonyl (C=O) groups excluding carboxylic acids is 1. The zero-order valence-electron chi connectivity index (χ0n) is 11.3. The summed E-state index contributed by atoms with van der Waals surface area (Å²) in [5.41, 5.74) is 1.86. The largest absolute Gasteiger partial charge is 0.352 e. The van der Waals surface area contributed by atoms with E-state index >= 15 is 0 Å². The van der Waals surface area contributed by atoms with E-state index in [0.717, 1.165) is 17.8 Å². The van der Waals surface area contributed by atoms with E-state index in [9.17, 15) is 13.6 Å². The number of benzene rings is 1. The molecule has 21 heavy (non-hydrogen) atoms. The van der Waals surface area contributed by atoms with Crippen LogP contribution in [0, 0.1) is 17.6 Å².